The van der Waals surface area contributed by atoms with E-state index in [-0.39, 0.29) is 52.1 Å². The van der Waals surface area contributed by atoms with Crippen molar-refractivity contribution in [1.29, 1.82) is 0 Å². The van der Waals surface area contributed by atoms with Gasteiger partial charge in [0, 0.05) is 35.9 Å². The molecule has 0 aliphatic carbocycles. The van der Waals surface area contributed by atoms with Crippen molar-refractivity contribution in [3.8, 4) is 17.2 Å². The summed E-state index contributed by atoms with van der Waals surface area (Å²) in [4.78, 5) is 23.8. The minimum absolute atomic E-state index is 0.0133. The molecule has 2 N–H and O–H groups in total. The van der Waals surface area contributed by atoms with Crippen LogP contribution in [0.5, 0.6) is 5.75 Å². The van der Waals surface area contributed by atoms with E-state index >= 15 is 0 Å². The van der Waals surface area contributed by atoms with Crippen LogP contribution >= 0.6 is 0 Å². The molecule has 3 aromatic rings. The maximum Gasteiger partial charge on any atom is 0.433 e. The Balaban J connectivity index is 1.39. The molecule has 0 radical (unpaired) electrons. The van der Waals surface area contributed by atoms with Gasteiger partial charge in [-0.1, -0.05) is 0 Å². The molecule has 196 valence electrons. The normalized spacial score (nSPS) is 27.6. The summed E-state index contributed by atoms with van der Waals surface area (Å²) in [7, 11) is 1.36. The van der Waals surface area contributed by atoms with Gasteiger partial charge in [0.05, 0.1) is 24.9 Å². The van der Waals surface area contributed by atoms with Crippen LogP contribution < -0.4 is 10.5 Å². The van der Waals surface area contributed by atoms with Crippen LogP contribution in [0.25, 0.3) is 22.4 Å². The highest BCUT2D eigenvalue weighted by atomic mass is 19.4. The van der Waals surface area contributed by atoms with E-state index in [4.69, 9.17) is 19.6 Å². The zero-order chi connectivity index (χ0) is 26.3. The summed E-state index contributed by atoms with van der Waals surface area (Å²) in [6.07, 6.45) is -2.44. The van der Waals surface area contributed by atoms with Gasteiger partial charge < -0.3 is 24.5 Å². The van der Waals surface area contributed by atoms with Crippen molar-refractivity contribution in [2.24, 2.45) is 17.6 Å². The SMILES string of the molecule is COc1ccc(-c2nc(C(=O)N3CC4C5CCC(C)(O5)C4C3)c([C@H](C)N)o2)c2ccc(C(F)(F)F)nc12. The van der Waals surface area contributed by atoms with Crippen molar-refractivity contribution in [3.05, 3.63) is 41.4 Å². The van der Waals surface area contributed by atoms with Gasteiger partial charge in [-0.3, -0.25) is 4.79 Å². The number of aromatic nitrogens is 2. The Labute approximate surface area is 210 Å². The molecule has 3 aliphatic rings. The number of fused-ring (bicyclic) bond motifs is 6. The first-order chi connectivity index (χ1) is 17.5. The number of halogens is 3. The molecule has 3 aliphatic heterocycles. The number of rotatable bonds is 4. The predicted molar refractivity (Wildman–Crippen MR) is 127 cm³/mol. The van der Waals surface area contributed by atoms with Gasteiger partial charge >= 0.3 is 6.18 Å². The lowest BCUT2D eigenvalue weighted by Crippen LogP contribution is -2.36. The average Bonchev–Trinajstić information content (AvgIpc) is 3.62. The van der Waals surface area contributed by atoms with E-state index in [0.29, 0.717) is 30.0 Å². The Morgan fingerprint density at radius 1 is 1.24 bits per heavy atom. The molecule has 0 saturated carbocycles. The summed E-state index contributed by atoms with van der Waals surface area (Å²) in [6.45, 7) is 4.98. The van der Waals surface area contributed by atoms with Crippen LogP contribution in [0.4, 0.5) is 13.2 Å². The third kappa shape index (κ3) is 3.70. The van der Waals surface area contributed by atoms with E-state index < -0.39 is 17.9 Å². The third-order valence-corrected chi connectivity index (χ3v) is 8.09. The standard InChI is InChI=1S/C26H27F3N4O4/c1-12(30)22-21(24(34)33-10-15-16(11-33)25(2)9-8-17(15)37-25)32-23(36-22)14-4-6-18(35-3)20-13(14)5-7-19(31-20)26(27,28)29/h4-7,12,15-17H,8-11,30H2,1-3H3/t12-,15?,16?,17?,25?/m0/s1. The number of nitrogens with zero attached hydrogens (tertiary/aromatic N) is 3. The Bertz CT molecular complexity index is 1400. The van der Waals surface area contributed by atoms with Crippen molar-refractivity contribution in [3.63, 3.8) is 0 Å². The summed E-state index contributed by atoms with van der Waals surface area (Å²) >= 11 is 0. The molecule has 5 atom stereocenters. The molecule has 4 unspecified atom stereocenters. The first-order valence-electron chi connectivity index (χ1n) is 12.3. The van der Waals surface area contributed by atoms with Crippen molar-refractivity contribution < 1.29 is 31.9 Å². The van der Waals surface area contributed by atoms with Crippen LogP contribution in [0, 0.1) is 11.8 Å². The minimum Gasteiger partial charge on any atom is -0.494 e. The number of oxazole rings is 1. The molecule has 0 spiro atoms. The third-order valence-electron chi connectivity index (χ3n) is 8.09. The van der Waals surface area contributed by atoms with Gasteiger partial charge in [-0.05, 0) is 51.0 Å². The maximum absolute atomic E-state index is 13.7. The first-order valence-corrected chi connectivity index (χ1v) is 12.3. The first kappa shape index (κ1) is 24.2. The summed E-state index contributed by atoms with van der Waals surface area (Å²) < 4.78 is 57.4. The molecule has 3 saturated heterocycles. The molecule has 2 bridgehead atoms. The highest BCUT2D eigenvalue weighted by molar-refractivity contribution is 5.98. The second-order valence-electron chi connectivity index (χ2n) is 10.4. The minimum atomic E-state index is -4.62. The lowest BCUT2D eigenvalue weighted by Gasteiger charge is -2.28. The quantitative estimate of drug-likeness (QED) is 0.542. The number of carbonyl (C=O) groups excluding carboxylic acids is 1. The molecule has 1 aromatic carbocycles. The van der Waals surface area contributed by atoms with E-state index in [1.807, 2.05) is 0 Å². The predicted octanol–water partition coefficient (Wildman–Crippen LogP) is 4.58. The Morgan fingerprint density at radius 2 is 2.03 bits per heavy atom. The fourth-order valence-electron chi connectivity index (χ4n) is 6.24. The lowest BCUT2D eigenvalue weighted by atomic mass is 9.75. The van der Waals surface area contributed by atoms with E-state index in [1.165, 1.54) is 19.2 Å². The Kier molecular flexibility index (Phi) is 5.33. The number of pyridine rings is 1. The molecular formula is C26H27F3N4O4. The number of benzene rings is 1. The van der Waals surface area contributed by atoms with Gasteiger partial charge in [-0.25, -0.2) is 9.97 Å². The highest BCUT2D eigenvalue weighted by Gasteiger charge is 2.60. The molecule has 1 amide bonds. The van der Waals surface area contributed by atoms with Gasteiger partial charge in [0.1, 0.15) is 17.0 Å². The van der Waals surface area contributed by atoms with Crippen LogP contribution in [0.2, 0.25) is 0 Å². The van der Waals surface area contributed by atoms with Crippen molar-refractivity contribution in [1.82, 2.24) is 14.9 Å². The summed E-state index contributed by atoms with van der Waals surface area (Å²) in [5, 5.41) is 0.348. The number of alkyl halides is 3. The zero-order valence-electron chi connectivity index (χ0n) is 20.6. The number of amides is 1. The molecule has 37 heavy (non-hydrogen) atoms. The summed E-state index contributed by atoms with van der Waals surface area (Å²) in [6, 6.07) is 4.70. The Morgan fingerprint density at radius 3 is 2.70 bits per heavy atom. The number of hydrogen-bond acceptors (Lipinski definition) is 7. The van der Waals surface area contributed by atoms with Crippen LogP contribution in [-0.4, -0.2) is 52.7 Å². The zero-order valence-corrected chi connectivity index (χ0v) is 20.6. The summed E-state index contributed by atoms with van der Waals surface area (Å²) in [5.74, 6) is 0.794. The Hall–Kier alpha value is -3.18. The van der Waals surface area contributed by atoms with Crippen LogP contribution in [0.15, 0.2) is 28.7 Å². The van der Waals surface area contributed by atoms with E-state index in [2.05, 4.69) is 16.9 Å². The molecule has 2 aromatic heterocycles. The van der Waals surface area contributed by atoms with Gasteiger partial charge in [-0.15, -0.1) is 0 Å². The number of methoxy groups -OCH3 is 1. The topological polar surface area (TPSA) is 104 Å². The van der Waals surface area contributed by atoms with Crippen molar-refractivity contribution in [2.45, 2.75) is 50.6 Å². The highest BCUT2D eigenvalue weighted by Crippen LogP contribution is 2.54. The number of carbonyl (C=O) groups is 1. The molecular weight excluding hydrogens is 489 g/mol. The number of likely N-dealkylation sites (tertiary alicyclic amines) is 1. The number of ether oxygens (including phenoxy) is 2. The molecule has 5 heterocycles. The number of hydrogen-bond donors (Lipinski definition) is 1. The van der Waals surface area contributed by atoms with E-state index in [9.17, 15) is 18.0 Å². The second kappa shape index (κ2) is 8.16. The molecule has 11 heteroatoms. The van der Waals surface area contributed by atoms with Crippen molar-refractivity contribution >= 4 is 16.8 Å². The largest absolute Gasteiger partial charge is 0.494 e. The van der Waals surface area contributed by atoms with Gasteiger partial charge in [0.25, 0.3) is 5.91 Å². The summed E-state index contributed by atoms with van der Waals surface area (Å²) in [5.41, 5.74) is 5.43. The molecule has 8 nitrogen and oxygen atoms in total. The fraction of sp³-hybridized carbons (Fsp3) is 0.500. The van der Waals surface area contributed by atoms with E-state index in [1.54, 1.807) is 17.9 Å². The van der Waals surface area contributed by atoms with E-state index in [0.717, 1.165) is 18.9 Å². The van der Waals surface area contributed by atoms with Crippen LogP contribution in [-0.2, 0) is 10.9 Å². The van der Waals surface area contributed by atoms with Gasteiger partial charge in [-0.2, -0.15) is 13.2 Å². The van der Waals surface area contributed by atoms with Gasteiger partial charge in [0.15, 0.2) is 11.5 Å². The number of nitrogens with two attached hydrogens (primary N) is 1. The fourth-order valence-corrected chi connectivity index (χ4v) is 6.24. The lowest BCUT2D eigenvalue weighted by molar-refractivity contribution is -0.140. The molecule has 3 fully saturated rings. The monoisotopic (exact) mass is 516 g/mol. The smallest absolute Gasteiger partial charge is 0.433 e. The van der Waals surface area contributed by atoms with Crippen LogP contribution in [0.3, 0.4) is 0 Å². The van der Waals surface area contributed by atoms with Crippen molar-refractivity contribution in [2.75, 3.05) is 20.2 Å². The molecule has 6 rings (SSSR count). The second-order valence-corrected chi connectivity index (χ2v) is 10.4. The van der Waals surface area contributed by atoms with Gasteiger partial charge in [0.2, 0.25) is 5.89 Å². The van der Waals surface area contributed by atoms with Crippen LogP contribution in [0.1, 0.15) is 54.7 Å². The average molecular weight is 517 g/mol. The maximum atomic E-state index is 13.7.